The average molecular weight is 338 g/mol. The first-order valence-electron chi connectivity index (χ1n) is 8.55. The number of rotatable bonds is 6. The predicted octanol–water partition coefficient (Wildman–Crippen LogP) is 1.88. The van der Waals surface area contributed by atoms with Gasteiger partial charge < -0.3 is 14.7 Å². The van der Waals surface area contributed by atoms with Crippen LogP contribution in [-0.4, -0.2) is 66.2 Å². The van der Waals surface area contributed by atoms with Crippen molar-refractivity contribution in [3.63, 3.8) is 0 Å². The monoisotopic (exact) mass is 338 g/mol. The first-order chi connectivity index (χ1) is 11.2. The summed E-state index contributed by atoms with van der Waals surface area (Å²) in [6.07, 6.45) is 3.25. The molecule has 23 heavy (non-hydrogen) atoms. The maximum Gasteiger partial charge on any atom is 0.224 e. The van der Waals surface area contributed by atoms with Gasteiger partial charge in [-0.25, -0.2) is 0 Å². The molecule has 1 aromatic rings. The van der Waals surface area contributed by atoms with E-state index in [1.54, 1.807) is 11.3 Å². The van der Waals surface area contributed by atoms with E-state index < -0.39 is 0 Å². The molecule has 1 N–H and O–H groups in total. The van der Waals surface area contributed by atoms with Crippen molar-refractivity contribution in [1.82, 2.24) is 9.80 Å². The number of aliphatic hydroxyl groups excluding tert-OH is 1. The van der Waals surface area contributed by atoms with Crippen molar-refractivity contribution in [2.45, 2.75) is 37.8 Å². The molecule has 0 aliphatic carbocycles. The minimum absolute atomic E-state index is 0.234. The highest BCUT2D eigenvalue weighted by Crippen LogP contribution is 2.29. The highest BCUT2D eigenvalue weighted by molar-refractivity contribution is 7.10. The third-order valence-electron chi connectivity index (χ3n) is 4.84. The molecule has 1 amide bonds. The lowest BCUT2D eigenvalue weighted by Crippen LogP contribution is -2.42. The Morgan fingerprint density at radius 1 is 1.39 bits per heavy atom. The summed E-state index contributed by atoms with van der Waals surface area (Å²) in [6, 6.07) is 4.37. The molecule has 2 unspecified atom stereocenters. The number of amides is 1. The van der Waals surface area contributed by atoms with E-state index in [0.29, 0.717) is 25.7 Å². The molecule has 2 aliphatic rings. The summed E-state index contributed by atoms with van der Waals surface area (Å²) < 4.78 is 5.29. The molecule has 2 atom stereocenters. The number of ether oxygens (including phenoxy) is 1. The molecule has 6 heteroatoms. The minimum atomic E-state index is -0.379. The smallest absolute Gasteiger partial charge is 0.224 e. The number of carbonyl (C=O) groups is 1. The Kier molecular flexibility index (Phi) is 6.05. The highest BCUT2D eigenvalue weighted by Gasteiger charge is 2.28. The Bertz CT molecular complexity index is 488. The summed E-state index contributed by atoms with van der Waals surface area (Å²) in [5.74, 6) is 0.234. The van der Waals surface area contributed by atoms with E-state index in [4.69, 9.17) is 4.74 Å². The number of carbonyl (C=O) groups excluding carboxylic acids is 1. The van der Waals surface area contributed by atoms with Gasteiger partial charge >= 0.3 is 0 Å². The van der Waals surface area contributed by atoms with Gasteiger partial charge in [0.25, 0.3) is 0 Å². The minimum Gasteiger partial charge on any atom is -0.388 e. The maximum atomic E-state index is 12.3. The largest absolute Gasteiger partial charge is 0.388 e. The standard InChI is InChI=1S/C17H26N2O3S/c20-15(16-4-2-12-23-16)13-14-3-1-6-18(14)7-5-17(21)19-8-10-22-11-9-19/h2,4,12,14-15,20H,1,3,5-11,13H2. The number of aliphatic hydroxyl groups is 1. The second kappa shape index (κ2) is 8.24. The van der Waals surface area contributed by atoms with Crippen LogP contribution in [0.5, 0.6) is 0 Å². The second-order valence-electron chi connectivity index (χ2n) is 6.34. The molecule has 2 fully saturated rings. The van der Waals surface area contributed by atoms with Crippen LogP contribution in [0, 0.1) is 0 Å². The lowest BCUT2D eigenvalue weighted by Gasteiger charge is -2.29. The van der Waals surface area contributed by atoms with E-state index in [2.05, 4.69) is 4.90 Å². The molecule has 2 saturated heterocycles. The van der Waals surface area contributed by atoms with Crippen LogP contribution in [0.25, 0.3) is 0 Å². The zero-order chi connectivity index (χ0) is 16.1. The SMILES string of the molecule is O=C(CCN1CCCC1CC(O)c1cccs1)N1CCOCC1. The van der Waals surface area contributed by atoms with Gasteiger partial charge in [-0.15, -0.1) is 11.3 Å². The molecule has 0 aromatic carbocycles. The number of hydrogen-bond acceptors (Lipinski definition) is 5. The fraction of sp³-hybridized carbons (Fsp3) is 0.706. The lowest BCUT2D eigenvalue weighted by molar-refractivity contribution is -0.135. The summed E-state index contributed by atoms with van der Waals surface area (Å²) in [5.41, 5.74) is 0. The number of thiophene rings is 1. The molecule has 0 radical (unpaired) electrons. The summed E-state index contributed by atoms with van der Waals surface area (Å²) in [4.78, 5) is 17.6. The molecule has 1 aromatic heterocycles. The van der Waals surface area contributed by atoms with Gasteiger partial charge in [0.05, 0.1) is 19.3 Å². The third-order valence-corrected chi connectivity index (χ3v) is 5.82. The van der Waals surface area contributed by atoms with Crippen molar-refractivity contribution in [3.8, 4) is 0 Å². The van der Waals surface area contributed by atoms with E-state index in [9.17, 15) is 9.90 Å². The lowest BCUT2D eigenvalue weighted by atomic mass is 10.1. The van der Waals surface area contributed by atoms with Crippen molar-refractivity contribution in [1.29, 1.82) is 0 Å². The van der Waals surface area contributed by atoms with Crippen LogP contribution in [0.2, 0.25) is 0 Å². The van der Waals surface area contributed by atoms with Crippen molar-refractivity contribution < 1.29 is 14.6 Å². The molecule has 0 spiro atoms. The summed E-state index contributed by atoms with van der Waals surface area (Å²) in [7, 11) is 0. The van der Waals surface area contributed by atoms with Crippen molar-refractivity contribution in [2.24, 2.45) is 0 Å². The predicted molar refractivity (Wildman–Crippen MR) is 90.5 cm³/mol. The molecule has 2 aliphatic heterocycles. The van der Waals surface area contributed by atoms with Gasteiger partial charge in [0.2, 0.25) is 5.91 Å². The Labute approximate surface area is 141 Å². The van der Waals surface area contributed by atoms with Gasteiger partial charge in [0.1, 0.15) is 0 Å². The summed E-state index contributed by atoms with van der Waals surface area (Å²) in [5, 5.41) is 12.4. The molecule has 5 nitrogen and oxygen atoms in total. The van der Waals surface area contributed by atoms with E-state index >= 15 is 0 Å². The zero-order valence-electron chi connectivity index (χ0n) is 13.5. The normalized spacial score (nSPS) is 24.0. The molecular formula is C17H26N2O3S. The van der Waals surface area contributed by atoms with Gasteiger partial charge in [-0.05, 0) is 37.3 Å². The van der Waals surface area contributed by atoms with E-state index in [-0.39, 0.29) is 12.0 Å². The van der Waals surface area contributed by atoms with Crippen molar-refractivity contribution in [3.05, 3.63) is 22.4 Å². The van der Waals surface area contributed by atoms with Crippen LogP contribution in [-0.2, 0) is 9.53 Å². The van der Waals surface area contributed by atoms with Crippen LogP contribution in [0.3, 0.4) is 0 Å². The van der Waals surface area contributed by atoms with Crippen LogP contribution < -0.4 is 0 Å². The number of morpholine rings is 1. The zero-order valence-corrected chi connectivity index (χ0v) is 14.3. The summed E-state index contributed by atoms with van der Waals surface area (Å²) in [6.45, 7) is 4.60. The Hall–Kier alpha value is -0.950. The van der Waals surface area contributed by atoms with Crippen LogP contribution in [0.15, 0.2) is 17.5 Å². The van der Waals surface area contributed by atoms with Crippen LogP contribution in [0.1, 0.15) is 36.7 Å². The first kappa shape index (κ1) is 16.9. The second-order valence-corrected chi connectivity index (χ2v) is 7.32. The first-order valence-corrected chi connectivity index (χ1v) is 9.43. The van der Waals surface area contributed by atoms with Gasteiger partial charge in [0.15, 0.2) is 0 Å². The average Bonchev–Trinajstić information content (AvgIpc) is 3.25. The third kappa shape index (κ3) is 4.53. The van der Waals surface area contributed by atoms with E-state index in [1.807, 2.05) is 22.4 Å². The topological polar surface area (TPSA) is 53.0 Å². The van der Waals surface area contributed by atoms with E-state index in [1.165, 1.54) is 0 Å². The van der Waals surface area contributed by atoms with Crippen LogP contribution in [0.4, 0.5) is 0 Å². The van der Waals surface area contributed by atoms with Gasteiger partial charge in [-0.3, -0.25) is 9.69 Å². The number of likely N-dealkylation sites (tertiary alicyclic amines) is 1. The Morgan fingerprint density at radius 2 is 2.22 bits per heavy atom. The fourth-order valence-electron chi connectivity index (χ4n) is 3.52. The maximum absolute atomic E-state index is 12.3. The molecule has 0 saturated carbocycles. The fourth-order valence-corrected chi connectivity index (χ4v) is 4.25. The molecule has 3 rings (SSSR count). The molecular weight excluding hydrogens is 312 g/mol. The Morgan fingerprint density at radius 3 is 2.96 bits per heavy atom. The number of hydrogen-bond donors (Lipinski definition) is 1. The number of nitrogens with zero attached hydrogens (tertiary/aromatic N) is 2. The van der Waals surface area contributed by atoms with E-state index in [0.717, 1.165) is 50.3 Å². The quantitative estimate of drug-likeness (QED) is 0.861. The molecule has 0 bridgehead atoms. The highest BCUT2D eigenvalue weighted by atomic mass is 32.1. The van der Waals surface area contributed by atoms with Crippen molar-refractivity contribution >= 4 is 17.2 Å². The van der Waals surface area contributed by atoms with Gasteiger partial charge in [-0.1, -0.05) is 6.07 Å². The Balaban J connectivity index is 1.46. The molecule has 3 heterocycles. The van der Waals surface area contributed by atoms with Gasteiger partial charge in [-0.2, -0.15) is 0 Å². The van der Waals surface area contributed by atoms with Crippen LogP contribution >= 0.6 is 11.3 Å². The molecule has 128 valence electrons. The van der Waals surface area contributed by atoms with Gasteiger partial charge in [0, 0.05) is 37.0 Å². The summed E-state index contributed by atoms with van der Waals surface area (Å²) >= 11 is 1.61. The van der Waals surface area contributed by atoms with Crippen molar-refractivity contribution in [2.75, 3.05) is 39.4 Å².